The van der Waals surface area contributed by atoms with Crippen LogP contribution in [0.1, 0.15) is 24.1 Å². The van der Waals surface area contributed by atoms with Crippen molar-refractivity contribution >= 4 is 34.8 Å². The lowest BCUT2D eigenvalue weighted by atomic mass is 9.91. The zero-order valence-electron chi connectivity index (χ0n) is 16.0. The number of nitrogens with one attached hydrogen (secondary N) is 1. The Labute approximate surface area is 172 Å². The maximum absolute atomic E-state index is 14.5. The molecule has 8 heteroatoms. The van der Waals surface area contributed by atoms with Crippen molar-refractivity contribution in [2.75, 3.05) is 12.0 Å². The van der Waals surface area contributed by atoms with Gasteiger partial charge in [0, 0.05) is 11.4 Å². The second-order valence-corrected chi connectivity index (χ2v) is 6.90. The first-order valence-corrected chi connectivity index (χ1v) is 9.11. The fourth-order valence-corrected chi connectivity index (χ4v) is 3.68. The summed E-state index contributed by atoms with van der Waals surface area (Å²) >= 11 is 5.43. The first-order valence-electron chi connectivity index (χ1n) is 8.70. The predicted molar refractivity (Wildman–Crippen MR) is 108 cm³/mol. The van der Waals surface area contributed by atoms with Gasteiger partial charge >= 0.3 is 5.97 Å². The van der Waals surface area contributed by atoms with E-state index in [1.807, 2.05) is 25.1 Å². The molecule has 1 atom stereocenters. The highest BCUT2D eigenvalue weighted by atomic mass is 32.1. The van der Waals surface area contributed by atoms with Crippen molar-refractivity contribution in [2.24, 2.45) is 0 Å². The molecular formula is C21H18F2N2O3S. The summed E-state index contributed by atoms with van der Waals surface area (Å²) in [5.41, 5.74) is 1.33. The Bertz CT molecular complexity index is 1030. The second-order valence-electron chi connectivity index (χ2n) is 6.51. The monoisotopic (exact) mass is 416 g/mol. The van der Waals surface area contributed by atoms with Crippen molar-refractivity contribution in [2.45, 2.75) is 19.9 Å². The molecule has 0 radical (unpaired) electrons. The number of allylic oxidation sites excluding steroid dienone is 1. The zero-order chi connectivity index (χ0) is 21.3. The largest absolute Gasteiger partial charge is 0.463 e. The molecule has 0 fully saturated rings. The molecule has 0 saturated heterocycles. The van der Waals surface area contributed by atoms with Crippen LogP contribution in [0.5, 0.6) is 0 Å². The Morgan fingerprint density at radius 2 is 1.72 bits per heavy atom. The number of ether oxygens (including phenoxy) is 1. The summed E-state index contributed by atoms with van der Waals surface area (Å²) < 4.78 is 33.5. The Hall–Kier alpha value is -3.13. The number of nitrogens with zero attached hydrogens (tertiary/aromatic N) is 1. The average molecular weight is 416 g/mol. The van der Waals surface area contributed by atoms with Gasteiger partial charge in [-0.1, -0.05) is 18.2 Å². The molecule has 5 nitrogen and oxygen atoms in total. The summed E-state index contributed by atoms with van der Waals surface area (Å²) in [6.45, 7) is 3.46. The van der Waals surface area contributed by atoms with Crippen LogP contribution in [0.4, 0.5) is 14.5 Å². The SMILES string of the molecule is COC(=O)C(=O)C1=C(C)N(c2cccc(C)c2)C(=S)N[C@@H]1c1c(F)cccc1F. The van der Waals surface area contributed by atoms with E-state index in [-0.39, 0.29) is 16.4 Å². The number of benzene rings is 2. The molecular weight excluding hydrogens is 398 g/mol. The van der Waals surface area contributed by atoms with E-state index in [1.54, 1.807) is 17.9 Å². The highest BCUT2D eigenvalue weighted by molar-refractivity contribution is 7.80. The Morgan fingerprint density at radius 3 is 2.31 bits per heavy atom. The summed E-state index contributed by atoms with van der Waals surface area (Å²) in [5, 5.41) is 2.95. The number of thiocarbonyl (C=S) groups is 1. The van der Waals surface area contributed by atoms with Gasteiger partial charge in [-0.05, 0) is 55.9 Å². The molecule has 1 heterocycles. The number of hydrogen-bond acceptors (Lipinski definition) is 4. The molecule has 0 saturated carbocycles. The number of hydrogen-bond donors (Lipinski definition) is 1. The van der Waals surface area contributed by atoms with E-state index in [1.165, 1.54) is 6.07 Å². The van der Waals surface area contributed by atoms with Crippen LogP contribution in [-0.2, 0) is 14.3 Å². The number of carbonyl (C=O) groups excluding carboxylic acids is 2. The van der Waals surface area contributed by atoms with Crippen LogP contribution >= 0.6 is 12.2 Å². The lowest BCUT2D eigenvalue weighted by Crippen LogP contribution is -2.49. The van der Waals surface area contributed by atoms with Gasteiger partial charge < -0.3 is 10.1 Å². The van der Waals surface area contributed by atoms with E-state index >= 15 is 0 Å². The first kappa shape index (κ1) is 20.6. The molecule has 0 spiro atoms. The third-order valence-corrected chi connectivity index (χ3v) is 4.95. The summed E-state index contributed by atoms with van der Waals surface area (Å²) in [6.07, 6.45) is 0. The normalized spacial score (nSPS) is 16.5. The number of methoxy groups -OCH3 is 1. The van der Waals surface area contributed by atoms with E-state index in [2.05, 4.69) is 10.1 Å². The molecule has 2 aromatic carbocycles. The van der Waals surface area contributed by atoms with E-state index in [4.69, 9.17) is 12.2 Å². The van der Waals surface area contributed by atoms with Crippen LogP contribution in [0.15, 0.2) is 53.7 Å². The number of aryl methyl sites for hydroxylation is 1. The standard InChI is InChI=1S/C21H18F2N2O3S/c1-11-6-4-7-13(10-11)25-12(2)16(19(26)20(27)28-3)18(24-21(25)29)17-14(22)8-5-9-15(17)23/h4-10,18H,1-3H3,(H,24,29)/t18-/m0/s1. The van der Waals surface area contributed by atoms with Crippen LogP contribution in [0, 0.1) is 18.6 Å². The van der Waals surface area contributed by atoms with E-state index < -0.39 is 35.0 Å². The van der Waals surface area contributed by atoms with Crippen LogP contribution in [0.3, 0.4) is 0 Å². The Morgan fingerprint density at radius 1 is 1.10 bits per heavy atom. The highest BCUT2D eigenvalue weighted by Gasteiger charge is 2.39. The topological polar surface area (TPSA) is 58.6 Å². The predicted octanol–water partition coefficient (Wildman–Crippen LogP) is 3.73. The number of Topliss-reactive ketones (excluding diaryl/α,β-unsaturated/α-hetero) is 1. The van der Waals surface area contributed by atoms with Crippen molar-refractivity contribution < 1.29 is 23.1 Å². The molecule has 150 valence electrons. The first-order chi connectivity index (χ1) is 13.8. The van der Waals surface area contributed by atoms with Gasteiger partial charge in [-0.2, -0.15) is 0 Å². The molecule has 2 aromatic rings. The van der Waals surface area contributed by atoms with Crippen molar-refractivity contribution in [3.8, 4) is 0 Å². The maximum atomic E-state index is 14.5. The average Bonchev–Trinajstić information content (AvgIpc) is 2.66. The molecule has 0 aliphatic carbocycles. The van der Waals surface area contributed by atoms with Gasteiger partial charge in [-0.3, -0.25) is 9.69 Å². The number of carbonyl (C=O) groups is 2. The quantitative estimate of drug-likeness (QED) is 0.466. The molecule has 1 aliphatic heterocycles. The Balaban J connectivity index is 2.25. The summed E-state index contributed by atoms with van der Waals surface area (Å²) in [7, 11) is 1.06. The molecule has 0 bridgehead atoms. The molecule has 0 unspecified atom stereocenters. The van der Waals surface area contributed by atoms with Gasteiger partial charge in [0.15, 0.2) is 5.11 Å². The summed E-state index contributed by atoms with van der Waals surface area (Å²) in [5.74, 6) is -3.88. The van der Waals surface area contributed by atoms with Crippen LogP contribution < -0.4 is 10.2 Å². The number of ketones is 1. The summed E-state index contributed by atoms with van der Waals surface area (Å²) in [4.78, 5) is 26.4. The number of anilines is 1. The Kier molecular flexibility index (Phi) is 5.74. The molecule has 1 aliphatic rings. The number of esters is 1. The molecule has 1 N–H and O–H groups in total. The van der Waals surface area contributed by atoms with Crippen LogP contribution in [0.2, 0.25) is 0 Å². The third kappa shape index (κ3) is 3.75. The fraction of sp³-hybridized carbons (Fsp3) is 0.190. The van der Waals surface area contributed by atoms with Gasteiger partial charge in [-0.15, -0.1) is 0 Å². The highest BCUT2D eigenvalue weighted by Crippen LogP contribution is 2.36. The molecule has 3 rings (SSSR count). The lowest BCUT2D eigenvalue weighted by Gasteiger charge is -2.37. The van der Waals surface area contributed by atoms with E-state index in [0.717, 1.165) is 24.8 Å². The minimum atomic E-state index is -1.28. The third-order valence-electron chi connectivity index (χ3n) is 4.65. The number of halogens is 2. The van der Waals surface area contributed by atoms with Crippen LogP contribution in [0.25, 0.3) is 0 Å². The zero-order valence-corrected chi connectivity index (χ0v) is 16.8. The minimum absolute atomic E-state index is 0.141. The van der Waals surface area contributed by atoms with Gasteiger partial charge in [0.2, 0.25) is 0 Å². The van der Waals surface area contributed by atoms with Gasteiger partial charge in [0.25, 0.3) is 5.78 Å². The second kappa shape index (κ2) is 8.08. The van der Waals surface area contributed by atoms with Crippen molar-refractivity contribution in [3.63, 3.8) is 0 Å². The van der Waals surface area contributed by atoms with E-state index in [0.29, 0.717) is 5.69 Å². The van der Waals surface area contributed by atoms with Crippen molar-refractivity contribution in [3.05, 3.63) is 76.5 Å². The lowest BCUT2D eigenvalue weighted by molar-refractivity contribution is -0.150. The maximum Gasteiger partial charge on any atom is 0.379 e. The van der Waals surface area contributed by atoms with E-state index in [9.17, 15) is 18.4 Å². The minimum Gasteiger partial charge on any atom is -0.463 e. The van der Waals surface area contributed by atoms with Gasteiger partial charge in [0.05, 0.1) is 24.3 Å². The van der Waals surface area contributed by atoms with Gasteiger partial charge in [0.1, 0.15) is 11.6 Å². The van der Waals surface area contributed by atoms with Crippen LogP contribution in [-0.4, -0.2) is 24.0 Å². The molecule has 29 heavy (non-hydrogen) atoms. The van der Waals surface area contributed by atoms with Crippen molar-refractivity contribution in [1.29, 1.82) is 0 Å². The fourth-order valence-electron chi connectivity index (χ4n) is 3.32. The van der Waals surface area contributed by atoms with Crippen molar-refractivity contribution in [1.82, 2.24) is 5.32 Å². The van der Waals surface area contributed by atoms with Gasteiger partial charge in [-0.25, -0.2) is 13.6 Å². The molecule has 0 aromatic heterocycles. The number of rotatable bonds is 4. The molecule has 0 amide bonds. The summed E-state index contributed by atoms with van der Waals surface area (Å²) in [6, 6.07) is 9.39. The smallest absolute Gasteiger partial charge is 0.379 e.